The molecule has 2 fully saturated rings. The number of benzene rings is 1. The number of carbonyl (C=O) groups excluding carboxylic acids is 2. The van der Waals surface area contributed by atoms with E-state index in [4.69, 9.17) is 10.5 Å². The lowest BCUT2D eigenvalue weighted by Gasteiger charge is -2.58. The van der Waals surface area contributed by atoms with Crippen molar-refractivity contribution in [2.24, 2.45) is 28.9 Å². The van der Waals surface area contributed by atoms with E-state index < -0.39 is 35.3 Å². The molecule has 1 aromatic carbocycles. The summed E-state index contributed by atoms with van der Waals surface area (Å²) in [4.78, 5) is 26.8. The third-order valence-electron chi connectivity index (χ3n) is 11.7. The predicted octanol–water partition coefficient (Wildman–Crippen LogP) is 6.63. The van der Waals surface area contributed by atoms with Crippen molar-refractivity contribution >= 4 is 33.5 Å². The van der Waals surface area contributed by atoms with Gasteiger partial charge in [-0.05, 0) is 95.1 Å². The van der Waals surface area contributed by atoms with Gasteiger partial charge in [0, 0.05) is 47.0 Å². The van der Waals surface area contributed by atoms with E-state index >= 15 is 0 Å². The summed E-state index contributed by atoms with van der Waals surface area (Å²) in [5.74, 6) is 0.731. The van der Waals surface area contributed by atoms with Crippen molar-refractivity contribution in [1.29, 1.82) is 0 Å². The molecule has 0 saturated heterocycles. The highest BCUT2D eigenvalue weighted by atomic mass is 33.1. The fourth-order valence-corrected chi connectivity index (χ4v) is 11.7. The fraction of sp³-hybridized carbons (Fsp3) is 0.561. The number of allylic oxidation sites excluding steroid dienone is 8. The molecule has 9 nitrogen and oxygen atoms in total. The van der Waals surface area contributed by atoms with Gasteiger partial charge < -0.3 is 36.2 Å². The Morgan fingerprint density at radius 1 is 1.21 bits per heavy atom. The van der Waals surface area contributed by atoms with Gasteiger partial charge >= 0.3 is 6.09 Å². The van der Waals surface area contributed by atoms with Crippen LogP contribution in [0, 0.1) is 23.2 Å². The third kappa shape index (κ3) is 8.36. The molecule has 2 saturated carbocycles. The van der Waals surface area contributed by atoms with E-state index in [0.717, 1.165) is 24.0 Å². The molecule has 0 radical (unpaired) electrons. The SMILES string of the molecule is C=C(C=CC=C(CO)[C@@H]1C[C@@H]2CSSCCC(C(=O)Cc3cccc4c3OC(=O)N[C@@H]4N)=C3CC[C@@](C)(O)[C@]2(C3CCCO)[C@@H]1O)CCC=C(C)C. The lowest BCUT2D eigenvalue weighted by atomic mass is 9.49. The molecule has 7 atom stereocenters. The van der Waals surface area contributed by atoms with Crippen LogP contribution in [-0.2, 0) is 11.2 Å². The number of aliphatic hydroxyl groups is 4. The lowest BCUT2D eigenvalue weighted by molar-refractivity contribution is -0.184. The summed E-state index contributed by atoms with van der Waals surface area (Å²) < 4.78 is 5.53. The highest BCUT2D eigenvalue weighted by molar-refractivity contribution is 8.76. The van der Waals surface area contributed by atoms with E-state index in [1.54, 1.807) is 39.8 Å². The number of fused-ring (bicyclic) bond motifs is 2. The molecule has 1 spiro atoms. The molecule has 0 aromatic heterocycles. The van der Waals surface area contributed by atoms with E-state index in [1.165, 1.54) is 5.57 Å². The van der Waals surface area contributed by atoms with Gasteiger partial charge in [0.15, 0.2) is 5.78 Å². The Morgan fingerprint density at radius 3 is 2.73 bits per heavy atom. The molecule has 2 aliphatic heterocycles. The summed E-state index contributed by atoms with van der Waals surface area (Å²) in [5, 5.41) is 48.6. The minimum Gasteiger partial charge on any atom is -0.410 e. The molecule has 11 heteroatoms. The summed E-state index contributed by atoms with van der Waals surface area (Å²) in [6, 6.07) is 5.36. The molecule has 52 heavy (non-hydrogen) atoms. The first-order valence-corrected chi connectivity index (χ1v) is 21.0. The van der Waals surface area contributed by atoms with Crippen molar-refractivity contribution < 1.29 is 34.8 Å². The average Bonchev–Trinajstić information content (AvgIpc) is 3.38. The molecule has 1 aromatic rings. The van der Waals surface area contributed by atoms with Gasteiger partial charge in [0.25, 0.3) is 0 Å². The first kappa shape index (κ1) is 40.5. The van der Waals surface area contributed by atoms with Crippen LogP contribution >= 0.6 is 21.6 Å². The van der Waals surface area contributed by atoms with Crippen LogP contribution in [0.1, 0.15) is 89.4 Å². The van der Waals surface area contributed by atoms with Crippen LogP contribution in [0.5, 0.6) is 5.75 Å². The normalized spacial score (nSPS) is 30.7. The lowest BCUT2D eigenvalue weighted by Crippen LogP contribution is -2.62. The van der Waals surface area contributed by atoms with Crippen LogP contribution in [0.3, 0.4) is 0 Å². The zero-order chi connectivity index (χ0) is 37.6. The molecule has 284 valence electrons. The van der Waals surface area contributed by atoms with Crippen molar-refractivity contribution in [2.45, 2.75) is 96.4 Å². The monoisotopic (exact) mass is 752 g/mol. The number of Topliss-reactive ketones (excluding diaryl/α,β-unsaturated/α-hetero) is 1. The van der Waals surface area contributed by atoms with Crippen molar-refractivity contribution in [1.82, 2.24) is 5.32 Å². The highest BCUT2D eigenvalue weighted by Gasteiger charge is 2.68. The maximum absolute atomic E-state index is 14.5. The minimum absolute atomic E-state index is 0.00784. The molecule has 4 aliphatic rings. The van der Waals surface area contributed by atoms with Gasteiger partial charge in [0.05, 0.1) is 18.3 Å². The Balaban J connectivity index is 1.55. The second kappa shape index (κ2) is 17.7. The van der Waals surface area contributed by atoms with Crippen molar-refractivity contribution in [2.75, 3.05) is 24.7 Å². The van der Waals surface area contributed by atoms with Crippen LogP contribution in [0.25, 0.3) is 0 Å². The number of rotatable bonds is 13. The highest BCUT2D eigenvalue weighted by Crippen LogP contribution is 2.66. The summed E-state index contributed by atoms with van der Waals surface area (Å²) in [5.41, 5.74) is 9.63. The van der Waals surface area contributed by atoms with E-state index in [1.807, 2.05) is 25.2 Å². The predicted molar refractivity (Wildman–Crippen MR) is 210 cm³/mol. The largest absolute Gasteiger partial charge is 0.414 e. The summed E-state index contributed by atoms with van der Waals surface area (Å²) >= 11 is 0. The number of para-hydroxylation sites is 1. The summed E-state index contributed by atoms with van der Waals surface area (Å²) in [7, 11) is 3.40. The number of nitrogens with two attached hydrogens (primary N) is 1. The number of ether oxygens (including phenoxy) is 1. The fourth-order valence-electron chi connectivity index (χ4n) is 9.28. The third-order valence-corrected chi connectivity index (χ3v) is 14.1. The van der Waals surface area contributed by atoms with Crippen molar-refractivity contribution in [3.63, 3.8) is 0 Å². The first-order chi connectivity index (χ1) is 24.8. The number of aliphatic hydroxyl groups excluding tert-OH is 3. The number of hydrogen-bond donors (Lipinski definition) is 6. The van der Waals surface area contributed by atoms with Gasteiger partial charge in [0.2, 0.25) is 0 Å². The molecule has 2 bridgehead atoms. The smallest absolute Gasteiger partial charge is 0.410 e. The van der Waals surface area contributed by atoms with E-state index in [-0.39, 0.29) is 37.3 Å². The van der Waals surface area contributed by atoms with Crippen LogP contribution < -0.4 is 15.8 Å². The number of nitrogens with one attached hydrogen (secondary N) is 1. The average molecular weight is 753 g/mol. The Kier molecular flexibility index (Phi) is 13.8. The number of hydrogen-bond acceptors (Lipinski definition) is 10. The van der Waals surface area contributed by atoms with E-state index in [2.05, 4.69) is 31.8 Å². The standard InChI is InChI=1S/C41H56N2O7S2/c1-25(2)9-5-10-26(3)11-6-13-28(23-45)33-22-29-24-52-51-20-17-31(30-16-18-40(4,49)41(29,37(33)47)34(30)15-8-19-44)35(46)21-27-12-7-14-32-36(27)50-39(48)43-38(32)42/h6-7,9,11-14,29,33-34,37-38,44-45,47,49H,3,5,8,10,15-24,42H2,1-2,4H3,(H,43,48)/t29-,33+,34?,37-,38+,40-,41-/m1/s1. The number of carbonyl (C=O) groups is 2. The molecule has 5 rings (SSSR count). The topological polar surface area (TPSA) is 162 Å². The van der Waals surface area contributed by atoms with Gasteiger partial charge in [-0.2, -0.15) is 0 Å². The Morgan fingerprint density at radius 2 is 2.00 bits per heavy atom. The van der Waals surface area contributed by atoms with Gasteiger partial charge in [-0.15, -0.1) is 0 Å². The summed E-state index contributed by atoms with van der Waals surface area (Å²) in [6.07, 6.45) is 10.1. The zero-order valence-corrected chi connectivity index (χ0v) is 32.4. The van der Waals surface area contributed by atoms with Crippen LogP contribution in [-0.4, -0.2) is 68.7 Å². The van der Waals surface area contributed by atoms with Crippen LogP contribution in [0.2, 0.25) is 0 Å². The molecule has 1 unspecified atom stereocenters. The minimum atomic E-state index is -1.28. The maximum atomic E-state index is 14.5. The van der Waals surface area contributed by atoms with E-state index in [9.17, 15) is 30.0 Å². The summed E-state index contributed by atoms with van der Waals surface area (Å²) in [6.45, 7) is 9.87. The molecule has 1 amide bonds. The van der Waals surface area contributed by atoms with Gasteiger partial charge in [-0.3, -0.25) is 4.79 Å². The first-order valence-electron chi connectivity index (χ1n) is 18.5. The zero-order valence-electron chi connectivity index (χ0n) is 30.7. The second-order valence-corrected chi connectivity index (χ2v) is 17.8. The van der Waals surface area contributed by atoms with Gasteiger partial charge in [-0.25, -0.2) is 4.79 Å². The number of amides is 1. The van der Waals surface area contributed by atoms with Crippen LogP contribution in [0.4, 0.5) is 4.79 Å². The quantitative estimate of drug-likeness (QED) is 0.0733. The van der Waals surface area contributed by atoms with E-state index in [0.29, 0.717) is 78.1 Å². The second-order valence-electron chi connectivity index (χ2n) is 15.2. The molecule has 2 aliphatic carbocycles. The Bertz CT molecular complexity index is 1630. The van der Waals surface area contributed by atoms with Crippen molar-refractivity contribution in [3.8, 4) is 5.75 Å². The molecular formula is C41H56N2O7S2. The molecular weight excluding hydrogens is 697 g/mol. The molecule has 7 N–H and O–H groups in total. The van der Waals surface area contributed by atoms with Crippen molar-refractivity contribution in [3.05, 3.63) is 88.1 Å². The Labute approximate surface area is 316 Å². The van der Waals surface area contributed by atoms with Gasteiger partial charge in [0.1, 0.15) is 11.9 Å². The Hall–Kier alpha value is -2.64. The molecule has 2 heterocycles. The maximum Gasteiger partial charge on any atom is 0.414 e. The van der Waals surface area contributed by atoms with Gasteiger partial charge in [-0.1, -0.05) is 87.4 Å². The number of ketones is 1. The van der Waals surface area contributed by atoms with Crippen LogP contribution in [0.15, 0.2) is 76.9 Å².